The van der Waals surface area contributed by atoms with E-state index in [1.165, 1.54) is 0 Å². The summed E-state index contributed by atoms with van der Waals surface area (Å²) in [7, 11) is 0. The average molecular weight is 120 g/mol. The van der Waals surface area contributed by atoms with E-state index in [9.17, 15) is 4.79 Å². The zero-order chi connectivity index (χ0) is 5.86. The molecule has 0 rings (SSSR count). The first-order chi connectivity index (χ1) is 3.13. The molecule has 2 N–H and O–H groups in total. The summed E-state index contributed by atoms with van der Waals surface area (Å²) < 4.78 is 0. The van der Waals surface area contributed by atoms with Crippen molar-refractivity contribution in [2.75, 3.05) is 0 Å². The maximum Gasteiger partial charge on any atom is 0.242 e. The molecule has 2 nitrogen and oxygen atoms in total. The first-order valence-corrected chi connectivity index (χ1v) is 2.14. The lowest BCUT2D eigenvalue weighted by Gasteiger charge is -1.78. The average Bonchev–Trinajstić information content (AvgIpc) is 1.27. The lowest BCUT2D eigenvalue weighted by molar-refractivity contribution is -0.113. The molecule has 7 heavy (non-hydrogen) atoms. The summed E-state index contributed by atoms with van der Waals surface area (Å²) in [5.74, 6) is -0.507. The Bertz CT molecular complexity index is 104. The van der Waals surface area contributed by atoms with Crippen LogP contribution in [0, 0.1) is 0 Å². The molecule has 0 radical (unpaired) electrons. The predicted octanol–water partition coefficient (Wildman–Crippen LogP) is 0.614. The highest BCUT2D eigenvalue weighted by Crippen LogP contribution is 1.94. The van der Waals surface area contributed by atoms with Gasteiger partial charge in [0.05, 0.1) is 0 Å². The first kappa shape index (κ1) is 6.50. The Morgan fingerprint density at radius 1 is 1.86 bits per heavy atom. The van der Waals surface area contributed by atoms with Crippen LogP contribution >= 0.6 is 11.6 Å². The fourth-order valence-corrected chi connectivity index (χ4v) is 0.304. The van der Waals surface area contributed by atoms with Crippen molar-refractivity contribution in [3.05, 3.63) is 11.1 Å². The van der Waals surface area contributed by atoms with Crippen molar-refractivity contribution in [1.29, 1.82) is 0 Å². The number of primary amides is 1. The number of halogens is 1. The number of nitrogens with two attached hydrogens (primary N) is 1. The van der Waals surface area contributed by atoms with Gasteiger partial charge in [-0.15, -0.1) is 0 Å². The zero-order valence-corrected chi connectivity index (χ0v) is 4.70. The van der Waals surface area contributed by atoms with E-state index in [0.717, 1.165) is 6.08 Å². The third-order valence-corrected chi connectivity index (χ3v) is 0.450. The van der Waals surface area contributed by atoms with Gasteiger partial charge in [-0.05, 0) is 6.92 Å². The maximum absolute atomic E-state index is 9.87. The highest BCUT2D eigenvalue weighted by atomic mass is 35.5. The van der Waals surface area contributed by atoms with Gasteiger partial charge in [-0.25, -0.2) is 0 Å². The van der Waals surface area contributed by atoms with E-state index in [1.54, 1.807) is 6.92 Å². The van der Waals surface area contributed by atoms with E-state index in [1.807, 2.05) is 0 Å². The Balaban J connectivity index is 3.68. The fraction of sp³-hybridized carbons (Fsp3) is 0.250. The summed E-state index contributed by atoms with van der Waals surface area (Å²) in [6, 6.07) is 0. The minimum Gasteiger partial charge on any atom is -0.366 e. The Morgan fingerprint density at radius 3 is 2.29 bits per heavy atom. The third-order valence-electron chi connectivity index (χ3n) is 0.341. The predicted molar refractivity (Wildman–Crippen MR) is 28.8 cm³/mol. The van der Waals surface area contributed by atoms with E-state index in [-0.39, 0.29) is 0 Å². The Hall–Kier alpha value is -0.500. The minimum absolute atomic E-state index is 0.410. The van der Waals surface area contributed by atoms with Crippen molar-refractivity contribution >= 4 is 17.5 Å². The molecule has 0 aliphatic heterocycles. The molecule has 0 unspecified atom stereocenters. The number of carbonyl (C=O) groups is 1. The van der Waals surface area contributed by atoms with Gasteiger partial charge in [-0.1, -0.05) is 11.6 Å². The molecule has 40 valence electrons. The first-order valence-electron chi connectivity index (χ1n) is 1.76. The monoisotopic (exact) mass is 119 g/mol. The maximum atomic E-state index is 9.87. The van der Waals surface area contributed by atoms with Crippen LogP contribution in [0.4, 0.5) is 0 Å². The summed E-state index contributed by atoms with van der Waals surface area (Å²) in [6.07, 6.45) is 1.15. The van der Waals surface area contributed by atoms with Gasteiger partial charge in [-0.2, -0.15) is 0 Å². The number of allylic oxidation sites excluding steroid dienone is 1. The van der Waals surface area contributed by atoms with Crippen molar-refractivity contribution < 1.29 is 4.79 Å². The second kappa shape index (κ2) is 2.64. The van der Waals surface area contributed by atoms with Crippen LogP contribution in [0.5, 0.6) is 0 Å². The lowest BCUT2D eigenvalue weighted by atomic mass is 10.5. The molecule has 0 atom stereocenters. The van der Waals surface area contributed by atoms with E-state index < -0.39 is 5.91 Å². The number of carbonyl (C=O) groups excluding carboxylic acids is 1. The van der Waals surface area contributed by atoms with Crippen LogP contribution < -0.4 is 5.73 Å². The number of hydrogen-bond acceptors (Lipinski definition) is 1. The van der Waals surface area contributed by atoms with Crippen LogP contribution in [0.3, 0.4) is 0 Å². The molecule has 0 aromatic carbocycles. The van der Waals surface area contributed by atoms with Gasteiger partial charge in [0.15, 0.2) is 0 Å². The minimum atomic E-state index is -0.507. The van der Waals surface area contributed by atoms with Crippen LogP contribution in [-0.4, -0.2) is 5.91 Å². The smallest absolute Gasteiger partial charge is 0.242 e. The van der Waals surface area contributed by atoms with Crippen LogP contribution in [0.25, 0.3) is 0 Å². The highest BCUT2D eigenvalue weighted by molar-refractivity contribution is 6.30. The lowest BCUT2D eigenvalue weighted by Crippen LogP contribution is -2.05. The Morgan fingerprint density at radius 2 is 2.29 bits per heavy atom. The van der Waals surface area contributed by atoms with Crippen LogP contribution in [-0.2, 0) is 4.79 Å². The molecule has 0 aliphatic carbocycles. The van der Waals surface area contributed by atoms with Crippen LogP contribution in [0.15, 0.2) is 11.1 Å². The van der Waals surface area contributed by atoms with Crippen LogP contribution in [0.1, 0.15) is 6.92 Å². The van der Waals surface area contributed by atoms with Gasteiger partial charge in [-0.3, -0.25) is 4.79 Å². The Labute approximate surface area is 46.9 Å². The normalized spacial score (nSPS) is 11.4. The standard InChI is InChI=1S/C4H6ClNO/c1-3(5)2-4(6)7/h2H,1H3,(H2,6,7)/b3-2+. The summed E-state index contributed by atoms with van der Waals surface area (Å²) in [5, 5.41) is 0.410. The molecule has 3 heteroatoms. The van der Waals surface area contributed by atoms with Crippen molar-refractivity contribution in [3.63, 3.8) is 0 Å². The van der Waals surface area contributed by atoms with E-state index in [4.69, 9.17) is 17.3 Å². The SMILES string of the molecule is C/C(Cl)=C\C(N)=O. The summed E-state index contributed by atoms with van der Waals surface area (Å²) in [4.78, 5) is 9.87. The second-order valence-corrected chi connectivity index (χ2v) is 1.73. The zero-order valence-electron chi connectivity index (χ0n) is 3.94. The highest BCUT2D eigenvalue weighted by Gasteiger charge is 1.83. The fourth-order valence-electron chi connectivity index (χ4n) is 0.196. The Kier molecular flexibility index (Phi) is 2.45. The summed E-state index contributed by atoms with van der Waals surface area (Å²) in [6.45, 7) is 1.59. The third kappa shape index (κ3) is 5.50. The van der Waals surface area contributed by atoms with E-state index in [2.05, 4.69) is 0 Å². The summed E-state index contributed by atoms with van der Waals surface area (Å²) in [5.41, 5.74) is 4.69. The molecule has 0 fully saturated rings. The molecule has 0 saturated carbocycles. The van der Waals surface area contributed by atoms with Crippen molar-refractivity contribution in [3.8, 4) is 0 Å². The van der Waals surface area contributed by atoms with Crippen molar-refractivity contribution in [1.82, 2.24) is 0 Å². The number of amides is 1. The molecular weight excluding hydrogens is 114 g/mol. The molecule has 0 aromatic rings. The van der Waals surface area contributed by atoms with Crippen LogP contribution in [0.2, 0.25) is 0 Å². The summed E-state index contributed by atoms with van der Waals surface area (Å²) >= 11 is 5.23. The second-order valence-electron chi connectivity index (χ2n) is 1.13. The molecule has 0 aromatic heterocycles. The molecule has 0 saturated heterocycles. The van der Waals surface area contributed by atoms with Gasteiger partial charge in [0.1, 0.15) is 0 Å². The van der Waals surface area contributed by atoms with Gasteiger partial charge < -0.3 is 5.73 Å². The van der Waals surface area contributed by atoms with Gasteiger partial charge in [0.25, 0.3) is 0 Å². The van der Waals surface area contributed by atoms with E-state index in [0.29, 0.717) is 5.03 Å². The van der Waals surface area contributed by atoms with Crippen molar-refractivity contribution in [2.24, 2.45) is 5.73 Å². The molecule has 0 aliphatic rings. The quantitative estimate of drug-likeness (QED) is 0.505. The van der Waals surface area contributed by atoms with Crippen molar-refractivity contribution in [2.45, 2.75) is 6.92 Å². The molecule has 0 spiro atoms. The molecule has 0 bridgehead atoms. The van der Waals surface area contributed by atoms with Gasteiger partial charge >= 0.3 is 0 Å². The topological polar surface area (TPSA) is 43.1 Å². The number of rotatable bonds is 1. The molecule has 0 heterocycles. The largest absolute Gasteiger partial charge is 0.366 e. The molecular formula is C4H6ClNO. The van der Waals surface area contributed by atoms with Gasteiger partial charge in [0.2, 0.25) is 5.91 Å². The van der Waals surface area contributed by atoms with E-state index >= 15 is 0 Å². The van der Waals surface area contributed by atoms with Gasteiger partial charge in [0, 0.05) is 11.1 Å². The molecule has 1 amide bonds. The number of hydrogen-bond donors (Lipinski definition) is 1.